The lowest BCUT2D eigenvalue weighted by Gasteiger charge is -2.00. The van der Waals surface area contributed by atoms with Crippen molar-refractivity contribution in [2.75, 3.05) is 5.73 Å². The number of benzene rings is 1. The number of nitrogens with zero attached hydrogens (tertiary/aromatic N) is 1. The van der Waals surface area contributed by atoms with E-state index in [1.807, 2.05) is 12.1 Å². The Morgan fingerprint density at radius 1 is 1.29 bits per heavy atom. The van der Waals surface area contributed by atoms with Crippen LogP contribution in [0.1, 0.15) is 0 Å². The van der Waals surface area contributed by atoms with Crippen LogP contribution in [0.5, 0.6) is 0 Å². The normalized spacial score (nSPS) is 11.2. The first-order chi connectivity index (χ1) is 6.66. The summed E-state index contributed by atoms with van der Waals surface area (Å²) in [5.41, 5.74) is 7.11. The Morgan fingerprint density at radius 2 is 2.07 bits per heavy atom. The summed E-state index contributed by atoms with van der Waals surface area (Å²) in [5.74, 6) is 0.00227. The molecule has 2 N–H and O–H groups in total. The van der Waals surface area contributed by atoms with Gasteiger partial charge in [-0.3, -0.25) is 0 Å². The number of nitrogen functional groups attached to an aromatic ring is 1. The van der Waals surface area contributed by atoms with Crippen molar-refractivity contribution in [3.8, 4) is 0 Å². The monoisotopic (exact) mass is 210 g/mol. The van der Waals surface area contributed by atoms with E-state index in [0.29, 0.717) is 5.69 Å². The predicted molar refractivity (Wildman–Crippen MR) is 56.7 cm³/mol. The maximum Gasteiger partial charge on any atom is 0.158 e. The second kappa shape index (κ2) is 3.34. The van der Waals surface area contributed by atoms with Gasteiger partial charge in [-0.15, -0.1) is 0 Å². The molecule has 0 fully saturated rings. The molecule has 0 spiro atoms. The minimum absolute atomic E-state index is 0.00227. The molecule has 74 valence electrons. The SMILES string of the molecule is Nc1ccc2ccn(C[SH](=O)=O)c2c1. The zero-order valence-corrected chi connectivity index (χ0v) is 8.28. The van der Waals surface area contributed by atoms with Crippen LogP contribution in [0.3, 0.4) is 0 Å². The number of thiol groups is 1. The summed E-state index contributed by atoms with van der Waals surface area (Å²) >= 11 is 0. The van der Waals surface area contributed by atoms with Crippen molar-refractivity contribution in [3.05, 3.63) is 30.5 Å². The van der Waals surface area contributed by atoms with Gasteiger partial charge in [0.05, 0.1) is 5.52 Å². The summed E-state index contributed by atoms with van der Waals surface area (Å²) in [4.78, 5) is 0. The number of fused-ring (bicyclic) bond motifs is 1. The molecule has 14 heavy (non-hydrogen) atoms. The molecule has 0 amide bonds. The van der Waals surface area contributed by atoms with Gasteiger partial charge < -0.3 is 10.3 Å². The van der Waals surface area contributed by atoms with Crippen molar-refractivity contribution < 1.29 is 8.42 Å². The molecule has 0 saturated carbocycles. The third-order valence-corrected chi connectivity index (χ3v) is 2.60. The third-order valence-electron chi connectivity index (χ3n) is 2.07. The molecule has 4 nitrogen and oxygen atoms in total. The minimum Gasteiger partial charge on any atom is -0.399 e. The lowest BCUT2D eigenvalue weighted by molar-refractivity contribution is 0.605. The van der Waals surface area contributed by atoms with Gasteiger partial charge in [-0.25, -0.2) is 8.42 Å². The van der Waals surface area contributed by atoms with Gasteiger partial charge in [0.15, 0.2) is 10.7 Å². The van der Waals surface area contributed by atoms with E-state index in [4.69, 9.17) is 5.73 Å². The molecule has 0 saturated heterocycles. The maximum atomic E-state index is 10.6. The van der Waals surface area contributed by atoms with E-state index in [1.165, 1.54) is 0 Å². The first-order valence-electron chi connectivity index (χ1n) is 4.13. The lowest BCUT2D eigenvalue weighted by atomic mass is 10.2. The van der Waals surface area contributed by atoms with Crippen LogP contribution in [-0.4, -0.2) is 13.0 Å². The highest BCUT2D eigenvalue weighted by Crippen LogP contribution is 2.18. The lowest BCUT2D eigenvalue weighted by Crippen LogP contribution is -1.97. The molecule has 0 aliphatic carbocycles. The van der Waals surface area contributed by atoms with E-state index in [0.717, 1.165) is 10.9 Å². The number of hydrogen-bond acceptors (Lipinski definition) is 3. The number of hydrogen-bond donors (Lipinski definition) is 2. The average Bonchev–Trinajstić information content (AvgIpc) is 2.47. The van der Waals surface area contributed by atoms with Gasteiger partial charge in [0.2, 0.25) is 0 Å². The molecule has 0 atom stereocenters. The van der Waals surface area contributed by atoms with Crippen LogP contribution in [0.25, 0.3) is 10.9 Å². The van der Waals surface area contributed by atoms with E-state index >= 15 is 0 Å². The van der Waals surface area contributed by atoms with Gasteiger partial charge in [-0.2, -0.15) is 0 Å². The second-order valence-corrected chi connectivity index (χ2v) is 4.03. The number of nitrogens with two attached hydrogens (primary N) is 1. The standard InChI is InChI=1S/C9H10N2O2S/c10-8-2-1-7-3-4-11(6-14(12)13)9(7)5-8/h1-5,14H,6,10H2. The molecule has 0 bridgehead atoms. The van der Waals surface area contributed by atoms with Crippen molar-refractivity contribution >= 4 is 27.3 Å². The van der Waals surface area contributed by atoms with Crippen LogP contribution in [-0.2, 0) is 16.6 Å². The van der Waals surface area contributed by atoms with Crippen molar-refractivity contribution in [1.82, 2.24) is 4.57 Å². The number of anilines is 1. The van der Waals surface area contributed by atoms with Crippen LogP contribution in [0.2, 0.25) is 0 Å². The predicted octanol–water partition coefficient (Wildman–Crippen LogP) is 0.792. The molecule has 5 heteroatoms. The molecule has 0 aliphatic heterocycles. The fraction of sp³-hybridized carbons (Fsp3) is 0.111. The summed E-state index contributed by atoms with van der Waals surface area (Å²) in [5, 5.41) is 0.996. The maximum absolute atomic E-state index is 10.6. The Balaban J connectivity index is 2.60. The van der Waals surface area contributed by atoms with Gasteiger partial charge in [-0.05, 0) is 23.6 Å². The smallest absolute Gasteiger partial charge is 0.158 e. The van der Waals surface area contributed by atoms with E-state index in [2.05, 4.69) is 0 Å². The van der Waals surface area contributed by atoms with Gasteiger partial charge >= 0.3 is 0 Å². The zero-order chi connectivity index (χ0) is 10.1. The second-order valence-electron chi connectivity index (χ2n) is 3.08. The first kappa shape index (κ1) is 9.08. The summed E-state index contributed by atoms with van der Waals surface area (Å²) < 4.78 is 22.8. The van der Waals surface area contributed by atoms with E-state index in [-0.39, 0.29) is 5.88 Å². The molecule has 2 rings (SSSR count). The minimum atomic E-state index is -2.41. The first-order valence-corrected chi connectivity index (χ1v) is 5.49. The average molecular weight is 210 g/mol. The van der Waals surface area contributed by atoms with Gasteiger partial charge in [0.25, 0.3) is 0 Å². The van der Waals surface area contributed by atoms with Crippen molar-refractivity contribution in [2.24, 2.45) is 0 Å². The molecule has 2 aromatic rings. The number of aromatic nitrogens is 1. The Bertz CT molecular complexity index is 535. The molecule has 1 aromatic carbocycles. The van der Waals surface area contributed by atoms with Crippen molar-refractivity contribution in [1.29, 1.82) is 0 Å². The highest BCUT2D eigenvalue weighted by atomic mass is 32.2. The summed E-state index contributed by atoms with van der Waals surface area (Å²) in [6.07, 6.45) is 1.75. The topological polar surface area (TPSA) is 65.1 Å². The zero-order valence-electron chi connectivity index (χ0n) is 7.38. The molecular formula is C9H10N2O2S. The van der Waals surface area contributed by atoms with Gasteiger partial charge in [0, 0.05) is 11.9 Å². The Kier molecular flexibility index (Phi) is 2.17. The summed E-state index contributed by atoms with van der Waals surface area (Å²) in [6.45, 7) is 0. The molecule has 1 aromatic heterocycles. The Morgan fingerprint density at radius 3 is 2.79 bits per heavy atom. The third kappa shape index (κ3) is 1.58. The van der Waals surface area contributed by atoms with Crippen LogP contribution in [0.15, 0.2) is 30.5 Å². The van der Waals surface area contributed by atoms with Crippen LogP contribution >= 0.6 is 0 Å². The van der Waals surface area contributed by atoms with Gasteiger partial charge in [-0.1, -0.05) is 6.07 Å². The van der Waals surface area contributed by atoms with E-state index in [9.17, 15) is 8.42 Å². The molecule has 0 radical (unpaired) electrons. The number of rotatable bonds is 2. The highest BCUT2D eigenvalue weighted by Gasteiger charge is 2.01. The fourth-order valence-electron chi connectivity index (χ4n) is 1.45. The van der Waals surface area contributed by atoms with Crippen LogP contribution in [0, 0.1) is 0 Å². The van der Waals surface area contributed by atoms with E-state index < -0.39 is 10.7 Å². The summed E-state index contributed by atoms with van der Waals surface area (Å²) in [7, 11) is -2.41. The molecule has 1 heterocycles. The Hall–Kier alpha value is -1.49. The Labute approximate surface area is 82.9 Å². The van der Waals surface area contributed by atoms with E-state index in [1.54, 1.807) is 22.9 Å². The fourth-order valence-corrected chi connectivity index (χ4v) is 1.94. The quantitative estimate of drug-likeness (QED) is 0.569. The van der Waals surface area contributed by atoms with Crippen molar-refractivity contribution in [2.45, 2.75) is 5.88 Å². The van der Waals surface area contributed by atoms with Crippen LogP contribution in [0.4, 0.5) is 5.69 Å². The van der Waals surface area contributed by atoms with Crippen LogP contribution < -0.4 is 5.73 Å². The molecular weight excluding hydrogens is 200 g/mol. The molecule has 0 aliphatic rings. The highest BCUT2D eigenvalue weighted by molar-refractivity contribution is 7.71. The van der Waals surface area contributed by atoms with Crippen molar-refractivity contribution in [3.63, 3.8) is 0 Å². The largest absolute Gasteiger partial charge is 0.399 e. The van der Waals surface area contributed by atoms with Gasteiger partial charge in [0.1, 0.15) is 5.88 Å². The molecule has 0 unspecified atom stereocenters. The summed E-state index contributed by atoms with van der Waals surface area (Å²) in [6, 6.07) is 7.31.